The molecule has 1 N–H and O–H groups in total. The van der Waals surface area contributed by atoms with E-state index in [0.29, 0.717) is 18.1 Å². The van der Waals surface area contributed by atoms with E-state index in [-0.39, 0.29) is 12.7 Å². The number of H-pyrrole nitrogens is 1. The molecule has 0 saturated heterocycles. The first kappa shape index (κ1) is 19.2. The van der Waals surface area contributed by atoms with Crippen molar-refractivity contribution in [1.29, 1.82) is 0 Å². The van der Waals surface area contributed by atoms with E-state index in [1.807, 2.05) is 37.3 Å². The number of halogens is 1. The second-order valence-corrected chi connectivity index (χ2v) is 7.00. The van der Waals surface area contributed by atoms with Crippen LogP contribution in [0.5, 0.6) is 11.5 Å². The van der Waals surface area contributed by atoms with Gasteiger partial charge >= 0.3 is 5.97 Å². The van der Waals surface area contributed by atoms with Crippen molar-refractivity contribution in [2.24, 2.45) is 0 Å². The number of aromatic nitrogens is 2. The minimum absolute atomic E-state index is 0.186. The summed E-state index contributed by atoms with van der Waals surface area (Å²) in [6, 6.07) is 11.4. The van der Waals surface area contributed by atoms with Gasteiger partial charge in [-0.25, -0.2) is 9.78 Å². The van der Waals surface area contributed by atoms with Gasteiger partial charge in [-0.05, 0) is 61.0 Å². The summed E-state index contributed by atoms with van der Waals surface area (Å²) in [7, 11) is 0. The number of carbonyl (C=O) groups is 1. The second-order valence-electron chi connectivity index (χ2n) is 6.14. The van der Waals surface area contributed by atoms with Crippen molar-refractivity contribution in [3.63, 3.8) is 0 Å². The fourth-order valence-electron chi connectivity index (χ4n) is 2.61. The third-order valence-corrected chi connectivity index (χ3v) is 4.35. The van der Waals surface area contributed by atoms with Crippen LogP contribution in [0, 0.1) is 0 Å². The lowest BCUT2D eigenvalue weighted by Gasteiger charge is -2.14. The lowest BCUT2D eigenvalue weighted by atomic mass is 10.2. The number of rotatable bonds is 7. The van der Waals surface area contributed by atoms with Crippen LogP contribution >= 0.6 is 15.9 Å². The van der Waals surface area contributed by atoms with Gasteiger partial charge in [-0.15, -0.1) is 0 Å². The highest BCUT2D eigenvalue weighted by Gasteiger charge is 2.16. The predicted octanol–water partition coefficient (Wildman–Crippen LogP) is 4.72. The van der Waals surface area contributed by atoms with Crippen LogP contribution < -0.4 is 9.47 Å². The number of para-hydroxylation sites is 2. The average Bonchev–Trinajstić information content (AvgIpc) is 3.05. The molecule has 0 saturated carbocycles. The maximum atomic E-state index is 11.8. The Bertz CT molecular complexity index is 919. The smallest absolute Gasteiger partial charge is 0.344 e. The van der Waals surface area contributed by atoms with Crippen LogP contribution in [0.2, 0.25) is 0 Å². The van der Waals surface area contributed by atoms with Gasteiger partial charge in [0.25, 0.3) is 0 Å². The van der Waals surface area contributed by atoms with Crippen LogP contribution in [-0.2, 0) is 9.53 Å². The Balaban J connectivity index is 1.90. The van der Waals surface area contributed by atoms with E-state index < -0.39 is 5.97 Å². The van der Waals surface area contributed by atoms with Crippen molar-refractivity contribution in [1.82, 2.24) is 9.97 Å². The summed E-state index contributed by atoms with van der Waals surface area (Å²) >= 11 is 3.56. The molecule has 0 fully saturated rings. The molecule has 6 nitrogen and oxygen atoms in total. The van der Waals surface area contributed by atoms with E-state index in [2.05, 4.69) is 25.9 Å². The Morgan fingerprint density at radius 3 is 2.63 bits per heavy atom. The van der Waals surface area contributed by atoms with Gasteiger partial charge < -0.3 is 19.2 Å². The highest BCUT2D eigenvalue weighted by atomic mass is 79.9. The summed E-state index contributed by atoms with van der Waals surface area (Å²) < 4.78 is 17.2. The zero-order valence-electron chi connectivity index (χ0n) is 15.4. The summed E-state index contributed by atoms with van der Waals surface area (Å²) in [4.78, 5) is 19.7. The van der Waals surface area contributed by atoms with Gasteiger partial charge in [0.2, 0.25) is 0 Å². The van der Waals surface area contributed by atoms with Gasteiger partial charge in [0.05, 0.1) is 23.7 Å². The molecule has 1 heterocycles. The summed E-state index contributed by atoms with van der Waals surface area (Å²) in [5.74, 6) is 1.29. The molecule has 3 aromatic rings. The van der Waals surface area contributed by atoms with Crippen molar-refractivity contribution < 1.29 is 19.0 Å². The largest absolute Gasteiger partial charge is 0.490 e. The number of hydrogen-bond acceptors (Lipinski definition) is 5. The van der Waals surface area contributed by atoms with E-state index in [0.717, 1.165) is 26.9 Å². The fraction of sp³-hybridized carbons (Fsp3) is 0.300. The molecule has 1 aromatic heterocycles. The Morgan fingerprint density at radius 1 is 1.19 bits per heavy atom. The van der Waals surface area contributed by atoms with Gasteiger partial charge in [-0.3, -0.25) is 0 Å². The summed E-state index contributed by atoms with van der Waals surface area (Å²) in [5, 5.41) is 0. The molecule has 0 atom stereocenters. The number of hydrogen-bond donors (Lipinski definition) is 1. The summed E-state index contributed by atoms with van der Waals surface area (Å²) in [5.41, 5.74) is 2.68. The lowest BCUT2D eigenvalue weighted by molar-refractivity contribution is -0.149. The Labute approximate surface area is 166 Å². The maximum absolute atomic E-state index is 11.8. The van der Waals surface area contributed by atoms with E-state index in [4.69, 9.17) is 14.2 Å². The molecule has 0 spiro atoms. The minimum atomic E-state index is -0.426. The Hall–Kier alpha value is -2.54. The highest BCUT2D eigenvalue weighted by molar-refractivity contribution is 9.10. The zero-order chi connectivity index (χ0) is 19.4. The topological polar surface area (TPSA) is 73.4 Å². The van der Waals surface area contributed by atoms with Crippen molar-refractivity contribution in [3.05, 3.63) is 40.9 Å². The normalized spacial score (nSPS) is 11.0. The first-order valence-electron chi connectivity index (χ1n) is 8.71. The van der Waals surface area contributed by atoms with Gasteiger partial charge in [-0.2, -0.15) is 0 Å². The molecule has 0 bridgehead atoms. The van der Waals surface area contributed by atoms with Crippen LogP contribution in [0.15, 0.2) is 40.9 Å². The minimum Gasteiger partial charge on any atom is -0.490 e. The molecule has 0 aliphatic rings. The lowest BCUT2D eigenvalue weighted by Crippen LogP contribution is -2.19. The Kier molecular flexibility index (Phi) is 6.01. The molecule has 0 amide bonds. The van der Waals surface area contributed by atoms with Gasteiger partial charge in [-0.1, -0.05) is 12.1 Å². The van der Waals surface area contributed by atoms with Crippen molar-refractivity contribution >= 4 is 32.9 Å². The van der Waals surface area contributed by atoms with Crippen LogP contribution in [-0.4, -0.2) is 35.3 Å². The molecule has 27 heavy (non-hydrogen) atoms. The number of nitrogens with zero attached hydrogens (tertiary/aromatic N) is 1. The van der Waals surface area contributed by atoms with Crippen molar-refractivity contribution in [3.8, 4) is 22.9 Å². The number of carbonyl (C=O) groups excluding carboxylic acids is 1. The average molecular weight is 433 g/mol. The van der Waals surface area contributed by atoms with E-state index in [9.17, 15) is 4.79 Å². The van der Waals surface area contributed by atoms with Crippen LogP contribution in [0.4, 0.5) is 0 Å². The summed E-state index contributed by atoms with van der Waals surface area (Å²) in [6.45, 7) is 5.76. The van der Waals surface area contributed by atoms with Gasteiger partial charge in [0.1, 0.15) is 5.82 Å². The van der Waals surface area contributed by atoms with Gasteiger partial charge in [0.15, 0.2) is 18.1 Å². The van der Waals surface area contributed by atoms with Crippen molar-refractivity contribution in [2.75, 3.05) is 13.2 Å². The second kappa shape index (κ2) is 8.43. The van der Waals surface area contributed by atoms with E-state index in [1.165, 1.54) is 0 Å². The van der Waals surface area contributed by atoms with Crippen LogP contribution in [0.1, 0.15) is 20.8 Å². The highest BCUT2D eigenvalue weighted by Crippen LogP contribution is 2.38. The van der Waals surface area contributed by atoms with Crippen LogP contribution in [0.3, 0.4) is 0 Å². The number of benzene rings is 2. The quantitative estimate of drug-likeness (QED) is 0.546. The molecule has 0 aliphatic heterocycles. The number of fused-ring (bicyclic) bond motifs is 1. The van der Waals surface area contributed by atoms with Crippen molar-refractivity contribution in [2.45, 2.75) is 26.9 Å². The molecular formula is C20H21BrN2O4. The number of esters is 1. The zero-order valence-corrected chi connectivity index (χ0v) is 17.0. The number of ether oxygens (including phenoxy) is 3. The number of imidazole rings is 1. The molecule has 142 valence electrons. The molecule has 7 heteroatoms. The van der Waals surface area contributed by atoms with E-state index in [1.54, 1.807) is 19.9 Å². The molecule has 2 aromatic carbocycles. The summed E-state index contributed by atoms with van der Waals surface area (Å²) in [6.07, 6.45) is -0.186. The third-order valence-electron chi connectivity index (χ3n) is 3.69. The van der Waals surface area contributed by atoms with E-state index >= 15 is 0 Å². The Morgan fingerprint density at radius 2 is 1.93 bits per heavy atom. The van der Waals surface area contributed by atoms with Gasteiger partial charge in [0, 0.05) is 10.0 Å². The number of aromatic amines is 1. The predicted molar refractivity (Wildman–Crippen MR) is 107 cm³/mol. The standard InChI is InChI=1S/C20H21BrN2O4/c1-4-25-17-9-13(20-22-15-7-5-6-8-16(15)23-20)14(21)10-18(17)26-11-19(24)27-12(2)3/h5-10,12H,4,11H2,1-3H3,(H,22,23). The molecular weight excluding hydrogens is 412 g/mol. The first-order chi connectivity index (χ1) is 13.0. The third kappa shape index (κ3) is 4.60. The fourth-order valence-corrected chi connectivity index (χ4v) is 3.12. The first-order valence-corrected chi connectivity index (χ1v) is 9.51. The monoisotopic (exact) mass is 432 g/mol. The SMILES string of the molecule is CCOc1cc(-c2nc3ccccc3[nH]2)c(Br)cc1OCC(=O)OC(C)C. The molecule has 0 unspecified atom stereocenters. The maximum Gasteiger partial charge on any atom is 0.344 e. The molecule has 0 radical (unpaired) electrons. The number of nitrogens with one attached hydrogen (secondary N) is 1. The molecule has 0 aliphatic carbocycles. The molecule has 3 rings (SSSR count). The van der Waals surface area contributed by atoms with Crippen LogP contribution in [0.25, 0.3) is 22.4 Å².